The molecule has 0 fully saturated rings. The second-order valence-corrected chi connectivity index (χ2v) is 6.57. The number of hydrogen-bond acceptors (Lipinski definition) is 4. The van der Waals surface area contributed by atoms with E-state index in [0.29, 0.717) is 23.6 Å². The summed E-state index contributed by atoms with van der Waals surface area (Å²) in [6, 6.07) is 25.0. The largest absolute Gasteiger partial charge is 0.497 e. The fourth-order valence-corrected chi connectivity index (χ4v) is 3.09. The van der Waals surface area contributed by atoms with Crippen LogP contribution in [0.1, 0.15) is 11.1 Å². The second-order valence-electron chi connectivity index (χ2n) is 6.57. The van der Waals surface area contributed by atoms with Crippen LogP contribution in [0.15, 0.2) is 83.7 Å². The van der Waals surface area contributed by atoms with Crippen LogP contribution in [-0.4, -0.2) is 12.1 Å². The molecule has 4 rings (SSSR count). The van der Waals surface area contributed by atoms with Gasteiger partial charge in [-0.2, -0.15) is 0 Å². The zero-order valence-corrected chi connectivity index (χ0v) is 16.1. The van der Waals surface area contributed by atoms with E-state index in [0.717, 1.165) is 16.5 Å². The molecular formula is C24H21NO4. The lowest BCUT2D eigenvalue weighted by atomic mass is 10.1. The average molecular weight is 387 g/mol. The van der Waals surface area contributed by atoms with Gasteiger partial charge >= 0.3 is 0 Å². The van der Waals surface area contributed by atoms with Crippen LogP contribution in [0.25, 0.3) is 10.9 Å². The van der Waals surface area contributed by atoms with E-state index in [1.165, 1.54) is 0 Å². The minimum Gasteiger partial charge on any atom is -0.497 e. The highest BCUT2D eigenvalue weighted by Crippen LogP contribution is 2.34. The molecule has 0 bridgehead atoms. The average Bonchev–Trinajstić information content (AvgIpc) is 2.77. The van der Waals surface area contributed by atoms with Gasteiger partial charge in [-0.05, 0) is 23.3 Å². The van der Waals surface area contributed by atoms with E-state index < -0.39 is 0 Å². The van der Waals surface area contributed by atoms with Gasteiger partial charge in [-0.1, -0.05) is 60.7 Å². The maximum atomic E-state index is 12.8. The van der Waals surface area contributed by atoms with Gasteiger partial charge in [0.05, 0.1) is 12.6 Å². The Hall–Kier alpha value is -3.73. The number of pyridine rings is 1. The minimum absolute atomic E-state index is 0.169. The molecule has 0 unspecified atom stereocenters. The highest BCUT2D eigenvalue weighted by Gasteiger charge is 2.17. The van der Waals surface area contributed by atoms with Gasteiger partial charge in [0.2, 0.25) is 5.75 Å². The summed E-state index contributed by atoms with van der Waals surface area (Å²) in [5.41, 5.74) is 2.26. The lowest BCUT2D eigenvalue weighted by Crippen LogP contribution is -2.14. The van der Waals surface area contributed by atoms with Crippen molar-refractivity contribution in [3.05, 3.63) is 100 Å². The molecule has 0 spiro atoms. The van der Waals surface area contributed by atoms with E-state index in [1.54, 1.807) is 13.2 Å². The molecule has 0 radical (unpaired) electrons. The molecule has 0 saturated carbocycles. The zero-order chi connectivity index (χ0) is 20.1. The van der Waals surface area contributed by atoms with Gasteiger partial charge in [-0.3, -0.25) is 4.79 Å². The lowest BCUT2D eigenvalue weighted by molar-refractivity contribution is 0.255. The Kier molecular flexibility index (Phi) is 5.47. The van der Waals surface area contributed by atoms with Crippen LogP contribution in [0, 0.1) is 0 Å². The first-order chi connectivity index (χ1) is 14.2. The first-order valence-electron chi connectivity index (χ1n) is 9.32. The highest BCUT2D eigenvalue weighted by molar-refractivity contribution is 5.88. The molecule has 1 N–H and O–H groups in total. The molecule has 4 aromatic rings. The van der Waals surface area contributed by atoms with E-state index in [1.807, 2.05) is 72.8 Å². The molecule has 1 aromatic heterocycles. The number of aromatic amines is 1. The number of rotatable bonds is 7. The molecule has 0 saturated heterocycles. The van der Waals surface area contributed by atoms with E-state index in [4.69, 9.17) is 14.2 Å². The summed E-state index contributed by atoms with van der Waals surface area (Å²) in [6.45, 7) is 0.598. The molecule has 1 heterocycles. The number of fused-ring (bicyclic) bond motifs is 1. The van der Waals surface area contributed by atoms with Crippen molar-refractivity contribution in [1.29, 1.82) is 0 Å². The maximum Gasteiger partial charge on any atom is 0.294 e. The Bertz CT molecular complexity index is 1150. The summed E-state index contributed by atoms with van der Waals surface area (Å²) in [7, 11) is 1.59. The van der Waals surface area contributed by atoms with Gasteiger partial charge in [0.15, 0.2) is 5.75 Å². The fraction of sp³-hybridized carbons (Fsp3) is 0.125. The van der Waals surface area contributed by atoms with Crippen molar-refractivity contribution in [2.45, 2.75) is 13.2 Å². The van der Waals surface area contributed by atoms with Crippen molar-refractivity contribution in [2.75, 3.05) is 7.11 Å². The Morgan fingerprint density at radius 1 is 0.759 bits per heavy atom. The molecule has 0 aliphatic rings. The SMILES string of the molecule is COc1ccc2c(OCc3ccccc3)c(OCc3ccccc3)c(=O)[nH]c2c1. The smallest absolute Gasteiger partial charge is 0.294 e. The molecular weight excluding hydrogens is 366 g/mol. The van der Waals surface area contributed by atoms with Crippen LogP contribution in [0.5, 0.6) is 17.2 Å². The summed E-state index contributed by atoms with van der Waals surface area (Å²) in [5, 5.41) is 0.754. The summed E-state index contributed by atoms with van der Waals surface area (Å²) in [5.74, 6) is 1.24. The van der Waals surface area contributed by atoms with E-state index >= 15 is 0 Å². The number of methoxy groups -OCH3 is 1. The monoisotopic (exact) mass is 387 g/mol. The summed E-state index contributed by atoms with van der Waals surface area (Å²) in [4.78, 5) is 15.7. The quantitative estimate of drug-likeness (QED) is 0.500. The van der Waals surface area contributed by atoms with Crippen molar-refractivity contribution in [2.24, 2.45) is 0 Å². The van der Waals surface area contributed by atoms with Crippen LogP contribution < -0.4 is 19.8 Å². The number of nitrogens with one attached hydrogen (secondary N) is 1. The molecule has 0 aliphatic carbocycles. The van der Waals surface area contributed by atoms with Gasteiger partial charge < -0.3 is 19.2 Å². The Morgan fingerprint density at radius 3 is 1.93 bits per heavy atom. The molecule has 0 atom stereocenters. The van der Waals surface area contributed by atoms with Crippen molar-refractivity contribution in [3.8, 4) is 17.2 Å². The van der Waals surface area contributed by atoms with E-state index in [-0.39, 0.29) is 17.9 Å². The van der Waals surface area contributed by atoms with E-state index in [2.05, 4.69) is 4.98 Å². The molecule has 5 heteroatoms. The predicted molar refractivity (Wildman–Crippen MR) is 113 cm³/mol. The molecule has 5 nitrogen and oxygen atoms in total. The maximum absolute atomic E-state index is 12.8. The van der Waals surface area contributed by atoms with Crippen molar-refractivity contribution >= 4 is 10.9 Å². The Labute approximate surface area is 168 Å². The molecule has 29 heavy (non-hydrogen) atoms. The highest BCUT2D eigenvalue weighted by atomic mass is 16.5. The van der Waals surface area contributed by atoms with Gasteiger partial charge in [-0.25, -0.2) is 0 Å². The van der Waals surface area contributed by atoms with E-state index in [9.17, 15) is 4.79 Å². The van der Waals surface area contributed by atoms with Crippen LogP contribution in [0.3, 0.4) is 0 Å². The second kappa shape index (κ2) is 8.52. The van der Waals surface area contributed by atoms with Crippen LogP contribution in [0.4, 0.5) is 0 Å². The number of ether oxygens (including phenoxy) is 3. The van der Waals surface area contributed by atoms with Crippen LogP contribution in [-0.2, 0) is 13.2 Å². The lowest BCUT2D eigenvalue weighted by Gasteiger charge is -2.15. The van der Waals surface area contributed by atoms with Crippen molar-refractivity contribution in [3.63, 3.8) is 0 Å². The van der Waals surface area contributed by atoms with Gasteiger partial charge in [0, 0.05) is 11.5 Å². The van der Waals surface area contributed by atoms with Gasteiger partial charge in [0.25, 0.3) is 5.56 Å². The number of hydrogen-bond donors (Lipinski definition) is 1. The topological polar surface area (TPSA) is 60.6 Å². The summed E-state index contributed by atoms with van der Waals surface area (Å²) in [6.07, 6.45) is 0. The van der Waals surface area contributed by atoms with Crippen LogP contribution in [0.2, 0.25) is 0 Å². The first-order valence-corrected chi connectivity index (χ1v) is 9.32. The summed E-state index contributed by atoms with van der Waals surface area (Å²) >= 11 is 0. The van der Waals surface area contributed by atoms with Gasteiger partial charge in [0.1, 0.15) is 19.0 Å². The molecule has 146 valence electrons. The van der Waals surface area contributed by atoms with Gasteiger partial charge in [-0.15, -0.1) is 0 Å². The van der Waals surface area contributed by atoms with Crippen LogP contribution >= 0.6 is 0 Å². The fourth-order valence-electron chi connectivity index (χ4n) is 3.09. The number of H-pyrrole nitrogens is 1. The minimum atomic E-state index is -0.343. The Balaban J connectivity index is 1.73. The Morgan fingerprint density at radius 2 is 1.34 bits per heavy atom. The third kappa shape index (κ3) is 4.24. The zero-order valence-electron chi connectivity index (χ0n) is 16.1. The normalized spacial score (nSPS) is 10.7. The third-order valence-corrected chi connectivity index (χ3v) is 4.58. The summed E-state index contributed by atoms with van der Waals surface area (Å²) < 4.78 is 17.3. The predicted octanol–water partition coefficient (Wildman–Crippen LogP) is 4.69. The standard InChI is InChI=1S/C24H21NO4/c1-27-19-12-13-20-21(14-19)25-24(26)23(29-16-18-10-6-3-7-11-18)22(20)28-15-17-8-4-2-5-9-17/h2-14H,15-16H2,1H3,(H,25,26). The number of aromatic nitrogens is 1. The first kappa shape index (κ1) is 18.6. The van der Waals surface area contributed by atoms with Crippen molar-refractivity contribution in [1.82, 2.24) is 4.98 Å². The van der Waals surface area contributed by atoms with Crippen molar-refractivity contribution < 1.29 is 14.2 Å². The third-order valence-electron chi connectivity index (χ3n) is 4.58. The molecule has 3 aromatic carbocycles. The molecule has 0 aliphatic heterocycles. The number of benzene rings is 3. The molecule has 0 amide bonds.